The van der Waals surface area contributed by atoms with Crippen molar-refractivity contribution in [2.24, 2.45) is 0 Å². The van der Waals surface area contributed by atoms with Crippen LogP contribution in [0.25, 0.3) is 0 Å². The van der Waals surface area contributed by atoms with E-state index in [0.717, 1.165) is 27.7 Å². The molecule has 0 amide bonds. The lowest BCUT2D eigenvalue weighted by molar-refractivity contribution is -0.296. The minimum Gasteiger partial charge on any atom is -0.463 e. The van der Waals surface area contributed by atoms with Gasteiger partial charge in [0.1, 0.15) is 12.7 Å². The first kappa shape index (κ1) is 25.9. The van der Waals surface area contributed by atoms with Crippen LogP contribution >= 0.6 is 7.82 Å². The zero-order valence-electron chi connectivity index (χ0n) is 16.4. The molecule has 0 bridgehead atoms. The van der Waals surface area contributed by atoms with Crippen LogP contribution in [0.1, 0.15) is 27.7 Å². The standard InChI is InChI=1S/C15H22FO13P/c1-6(17)24-5-10(16)11-12(25-7(2)18)13(26-8(3)19)14(27-9(4)20)15(28-11)29-30(21,22)23/h10-15H,5H2,1-4H3,(H2,21,22,23)/t10-,11?,12+,13?,14?,15-/m0/s1. The van der Waals surface area contributed by atoms with Gasteiger partial charge >= 0.3 is 31.7 Å². The summed E-state index contributed by atoms with van der Waals surface area (Å²) in [6, 6.07) is 0. The van der Waals surface area contributed by atoms with Crippen LogP contribution in [0.4, 0.5) is 4.39 Å². The fourth-order valence-electron chi connectivity index (χ4n) is 2.61. The Morgan fingerprint density at radius 3 is 1.80 bits per heavy atom. The summed E-state index contributed by atoms with van der Waals surface area (Å²) in [6.45, 7) is 2.90. The van der Waals surface area contributed by atoms with Crippen molar-refractivity contribution in [1.82, 2.24) is 0 Å². The van der Waals surface area contributed by atoms with Crippen LogP contribution < -0.4 is 0 Å². The quantitative estimate of drug-likeness (QED) is 0.269. The van der Waals surface area contributed by atoms with Gasteiger partial charge in [-0.1, -0.05) is 0 Å². The van der Waals surface area contributed by atoms with E-state index < -0.39 is 75.2 Å². The van der Waals surface area contributed by atoms with E-state index in [1.54, 1.807) is 0 Å². The Labute approximate surface area is 169 Å². The molecule has 1 aliphatic rings. The average Bonchev–Trinajstić information content (AvgIpc) is 2.55. The average molecular weight is 460 g/mol. The fraction of sp³-hybridized carbons (Fsp3) is 0.733. The molecular formula is C15H22FO13P. The number of hydrogen-bond donors (Lipinski definition) is 2. The van der Waals surface area contributed by atoms with Gasteiger partial charge in [-0.15, -0.1) is 0 Å². The number of hydrogen-bond acceptors (Lipinski definition) is 11. The number of esters is 4. The molecule has 0 aromatic rings. The van der Waals surface area contributed by atoms with E-state index in [9.17, 15) is 28.1 Å². The molecule has 172 valence electrons. The summed E-state index contributed by atoms with van der Waals surface area (Å²) in [5, 5.41) is 0. The van der Waals surface area contributed by atoms with Crippen molar-refractivity contribution in [3.8, 4) is 0 Å². The Morgan fingerprint density at radius 2 is 1.37 bits per heavy atom. The molecule has 3 unspecified atom stereocenters. The largest absolute Gasteiger partial charge is 0.472 e. The van der Waals surface area contributed by atoms with Gasteiger partial charge in [0.05, 0.1) is 0 Å². The second kappa shape index (κ2) is 10.8. The molecule has 1 aliphatic heterocycles. The molecule has 0 spiro atoms. The first-order valence-electron chi connectivity index (χ1n) is 8.39. The van der Waals surface area contributed by atoms with E-state index in [2.05, 4.69) is 9.26 Å². The molecule has 6 atom stereocenters. The van der Waals surface area contributed by atoms with Crippen LogP contribution in [-0.4, -0.2) is 77.1 Å². The topological polar surface area (TPSA) is 181 Å². The van der Waals surface area contributed by atoms with E-state index in [1.807, 2.05) is 0 Å². The molecule has 1 heterocycles. The van der Waals surface area contributed by atoms with Crippen LogP contribution in [0.5, 0.6) is 0 Å². The zero-order chi connectivity index (χ0) is 23.2. The summed E-state index contributed by atoms with van der Waals surface area (Å²) in [7, 11) is -5.28. The second-order valence-electron chi connectivity index (χ2n) is 6.11. The number of alkyl halides is 1. The minimum absolute atomic E-state index is 0.852. The SMILES string of the molecule is CC(=O)OC[C@H](F)C1O[C@@H](OP(=O)(O)O)C(OC(C)=O)C(OC(C)=O)[C@@H]1OC(C)=O. The molecule has 0 aliphatic carbocycles. The monoisotopic (exact) mass is 460 g/mol. The summed E-state index contributed by atoms with van der Waals surface area (Å²) in [6.07, 6.45) is -11.6. The van der Waals surface area contributed by atoms with Gasteiger partial charge in [0.2, 0.25) is 6.29 Å². The van der Waals surface area contributed by atoms with Gasteiger partial charge in [-0.2, -0.15) is 0 Å². The van der Waals surface area contributed by atoms with Crippen LogP contribution in [-0.2, 0) is 52.0 Å². The summed E-state index contributed by atoms with van der Waals surface area (Å²) in [5.41, 5.74) is 0. The van der Waals surface area contributed by atoms with Gasteiger partial charge in [-0.3, -0.25) is 23.7 Å². The Balaban J connectivity index is 3.41. The Bertz CT molecular complexity index is 707. The van der Waals surface area contributed by atoms with Crippen molar-refractivity contribution in [1.29, 1.82) is 0 Å². The lowest BCUT2D eigenvalue weighted by Gasteiger charge is -2.44. The number of rotatable bonds is 8. The molecule has 1 rings (SSSR count). The van der Waals surface area contributed by atoms with E-state index in [1.165, 1.54) is 0 Å². The third-order valence-corrected chi connectivity index (χ3v) is 3.96. The Hall–Kier alpha value is -2.12. The molecule has 30 heavy (non-hydrogen) atoms. The normalized spacial score (nSPS) is 27.5. The summed E-state index contributed by atoms with van der Waals surface area (Å²) in [4.78, 5) is 63.7. The highest BCUT2D eigenvalue weighted by Gasteiger charge is 2.56. The lowest BCUT2D eigenvalue weighted by Crippen LogP contribution is -2.64. The van der Waals surface area contributed by atoms with Crippen LogP contribution in [0.3, 0.4) is 0 Å². The van der Waals surface area contributed by atoms with E-state index in [0.29, 0.717) is 0 Å². The maximum atomic E-state index is 14.8. The number of carbonyl (C=O) groups excluding carboxylic acids is 4. The second-order valence-corrected chi connectivity index (χ2v) is 7.30. The van der Waals surface area contributed by atoms with E-state index in [-0.39, 0.29) is 0 Å². The molecular weight excluding hydrogens is 438 g/mol. The first-order chi connectivity index (χ1) is 13.7. The van der Waals surface area contributed by atoms with Crippen molar-refractivity contribution in [3.63, 3.8) is 0 Å². The third kappa shape index (κ3) is 8.32. The smallest absolute Gasteiger partial charge is 0.463 e. The molecule has 0 aromatic carbocycles. The number of carbonyl (C=O) groups is 4. The van der Waals surface area contributed by atoms with E-state index in [4.69, 9.17) is 28.7 Å². The summed E-state index contributed by atoms with van der Waals surface area (Å²) in [5.74, 6) is -3.81. The van der Waals surface area contributed by atoms with Crippen LogP contribution in [0.15, 0.2) is 0 Å². The predicted molar refractivity (Wildman–Crippen MR) is 90.0 cm³/mol. The van der Waals surface area contributed by atoms with Crippen molar-refractivity contribution >= 4 is 31.7 Å². The van der Waals surface area contributed by atoms with Crippen LogP contribution in [0, 0.1) is 0 Å². The van der Waals surface area contributed by atoms with Crippen molar-refractivity contribution in [2.75, 3.05) is 6.61 Å². The number of ether oxygens (including phenoxy) is 5. The maximum Gasteiger partial charge on any atom is 0.472 e. The van der Waals surface area contributed by atoms with Gasteiger partial charge in [-0.05, 0) is 0 Å². The van der Waals surface area contributed by atoms with Gasteiger partial charge in [0.15, 0.2) is 24.5 Å². The van der Waals surface area contributed by atoms with Crippen molar-refractivity contribution in [3.05, 3.63) is 0 Å². The van der Waals surface area contributed by atoms with Gasteiger partial charge < -0.3 is 33.5 Å². The van der Waals surface area contributed by atoms with E-state index >= 15 is 0 Å². The fourth-order valence-corrected chi connectivity index (χ4v) is 3.05. The highest BCUT2D eigenvalue weighted by molar-refractivity contribution is 7.46. The molecule has 13 nitrogen and oxygen atoms in total. The Morgan fingerprint density at radius 1 is 0.900 bits per heavy atom. The van der Waals surface area contributed by atoms with Crippen LogP contribution in [0.2, 0.25) is 0 Å². The number of halogens is 1. The lowest BCUT2D eigenvalue weighted by atomic mass is 9.95. The van der Waals surface area contributed by atoms with Gasteiger partial charge in [0, 0.05) is 27.7 Å². The van der Waals surface area contributed by atoms with Crippen molar-refractivity contribution < 1.29 is 66.1 Å². The molecule has 1 fully saturated rings. The predicted octanol–water partition coefficient (Wildman–Crippen LogP) is -0.483. The highest BCUT2D eigenvalue weighted by atomic mass is 31.2. The van der Waals surface area contributed by atoms with Crippen molar-refractivity contribution in [2.45, 2.75) is 64.6 Å². The summed E-state index contributed by atoms with van der Waals surface area (Å²) >= 11 is 0. The highest BCUT2D eigenvalue weighted by Crippen LogP contribution is 2.42. The zero-order valence-corrected chi connectivity index (χ0v) is 17.3. The van der Waals surface area contributed by atoms with Gasteiger partial charge in [-0.25, -0.2) is 8.96 Å². The number of phosphoric acid groups is 1. The van der Waals surface area contributed by atoms with Gasteiger partial charge in [0.25, 0.3) is 0 Å². The Kier molecular flexibility index (Phi) is 9.31. The maximum absolute atomic E-state index is 14.8. The summed E-state index contributed by atoms with van der Waals surface area (Å²) < 4.78 is 55.0. The molecule has 2 N–H and O–H groups in total. The molecule has 0 saturated carbocycles. The molecule has 1 saturated heterocycles. The first-order valence-corrected chi connectivity index (χ1v) is 9.92. The third-order valence-electron chi connectivity index (χ3n) is 3.48. The molecule has 0 radical (unpaired) electrons. The minimum atomic E-state index is -5.28. The number of phosphoric ester groups is 1. The molecule has 15 heteroatoms. The molecule has 0 aromatic heterocycles.